The van der Waals surface area contributed by atoms with E-state index in [9.17, 15) is 8.42 Å². The lowest BCUT2D eigenvalue weighted by atomic mass is 10.00. The van der Waals surface area contributed by atoms with E-state index in [0.717, 1.165) is 36.8 Å². The number of para-hydroxylation sites is 2. The Labute approximate surface area is 160 Å². The summed E-state index contributed by atoms with van der Waals surface area (Å²) in [4.78, 5) is 4.93. The number of fused-ring (bicyclic) bond motifs is 1. The summed E-state index contributed by atoms with van der Waals surface area (Å²) >= 11 is 0. The molecule has 0 saturated carbocycles. The van der Waals surface area contributed by atoms with Gasteiger partial charge in [-0.3, -0.25) is 0 Å². The van der Waals surface area contributed by atoms with Crippen LogP contribution in [0.3, 0.4) is 0 Å². The normalized spacial score (nSPS) is 18.8. The van der Waals surface area contributed by atoms with Gasteiger partial charge in [0.05, 0.1) is 4.90 Å². The molecular weight excluding hydrogens is 360 g/mol. The Kier molecular flexibility index (Phi) is 5.02. The van der Waals surface area contributed by atoms with Crippen molar-refractivity contribution in [3.8, 4) is 0 Å². The van der Waals surface area contributed by atoms with Crippen molar-refractivity contribution >= 4 is 21.1 Å². The number of aryl methyl sites for hydroxylation is 1. The van der Waals surface area contributed by atoms with Crippen LogP contribution in [0.5, 0.6) is 0 Å². The maximum absolute atomic E-state index is 13.1. The molecule has 1 aliphatic heterocycles. The van der Waals surface area contributed by atoms with Crippen molar-refractivity contribution in [2.75, 3.05) is 13.1 Å². The van der Waals surface area contributed by atoms with Crippen molar-refractivity contribution in [3.63, 3.8) is 0 Å². The van der Waals surface area contributed by atoms with Crippen LogP contribution < -0.4 is 0 Å². The molecule has 0 N–H and O–H groups in total. The number of piperidine rings is 1. The van der Waals surface area contributed by atoms with E-state index in [1.165, 1.54) is 5.56 Å². The van der Waals surface area contributed by atoms with Gasteiger partial charge in [0.25, 0.3) is 0 Å². The number of sulfonamides is 1. The molecule has 1 atom stereocenters. The van der Waals surface area contributed by atoms with Crippen LogP contribution in [0.1, 0.15) is 43.6 Å². The summed E-state index contributed by atoms with van der Waals surface area (Å²) < 4.78 is 33.6. The van der Waals surface area contributed by atoms with Crippen LogP contribution in [0.25, 0.3) is 11.1 Å². The molecule has 27 heavy (non-hydrogen) atoms. The van der Waals surface area contributed by atoms with Crippen LogP contribution in [-0.2, 0) is 16.4 Å². The zero-order valence-corrected chi connectivity index (χ0v) is 16.3. The van der Waals surface area contributed by atoms with Crippen LogP contribution in [0.2, 0.25) is 0 Å². The van der Waals surface area contributed by atoms with E-state index >= 15 is 0 Å². The van der Waals surface area contributed by atoms with Crippen LogP contribution in [0, 0.1) is 0 Å². The van der Waals surface area contributed by atoms with Crippen LogP contribution in [0.15, 0.2) is 57.8 Å². The second-order valence-electron chi connectivity index (χ2n) is 7.12. The number of oxazole rings is 1. The summed E-state index contributed by atoms with van der Waals surface area (Å²) in [6.07, 6.45) is 3.69. The van der Waals surface area contributed by atoms with E-state index < -0.39 is 10.0 Å². The molecule has 5 nitrogen and oxygen atoms in total. The molecule has 0 bridgehead atoms. The van der Waals surface area contributed by atoms with Gasteiger partial charge in [0, 0.05) is 19.0 Å². The Balaban J connectivity index is 1.56. The Morgan fingerprint density at radius 3 is 2.67 bits per heavy atom. The minimum Gasteiger partial charge on any atom is -0.440 e. The third-order valence-corrected chi connectivity index (χ3v) is 7.02. The highest BCUT2D eigenvalue weighted by atomic mass is 32.2. The van der Waals surface area contributed by atoms with Gasteiger partial charge in [-0.05, 0) is 49.1 Å². The van der Waals surface area contributed by atoms with Gasteiger partial charge in [0.15, 0.2) is 11.5 Å². The quantitative estimate of drug-likeness (QED) is 0.656. The zero-order chi connectivity index (χ0) is 18.9. The highest BCUT2D eigenvalue weighted by Crippen LogP contribution is 2.31. The fraction of sp³-hybridized carbons (Fsp3) is 0.381. The maximum atomic E-state index is 13.1. The second kappa shape index (κ2) is 7.44. The molecular formula is C21H24N2O3S. The third kappa shape index (κ3) is 3.64. The average molecular weight is 385 g/mol. The molecule has 0 amide bonds. The molecule has 1 unspecified atom stereocenters. The summed E-state index contributed by atoms with van der Waals surface area (Å²) in [5, 5.41) is 0. The minimum absolute atomic E-state index is 0.0136. The summed E-state index contributed by atoms with van der Waals surface area (Å²) in [6.45, 7) is 3.06. The highest BCUT2D eigenvalue weighted by Gasteiger charge is 2.33. The Morgan fingerprint density at radius 1 is 1.15 bits per heavy atom. The lowest BCUT2D eigenvalue weighted by Gasteiger charge is -2.30. The monoisotopic (exact) mass is 384 g/mol. The summed E-state index contributed by atoms with van der Waals surface area (Å²) in [6, 6.07) is 14.9. The molecule has 1 aliphatic rings. The highest BCUT2D eigenvalue weighted by molar-refractivity contribution is 7.89. The fourth-order valence-corrected chi connectivity index (χ4v) is 5.22. The van der Waals surface area contributed by atoms with Gasteiger partial charge in [-0.1, -0.05) is 37.6 Å². The molecule has 0 radical (unpaired) electrons. The van der Waals surface area contributed by atoms with E-state index in [4.69, 9.17) is 4.42 Å². The zero-order valence-electron chi connectivity index (χ0n) is 15.5. The summed E-state index contributed by atoms with van der Waals surface area (Å²) in [5.74, 6) is 0.620. The van der Waals surface area contributed by atoms with Crippen molar-refractivity contribution in [2.45, 2.75) is 43.4 Å². The first kappa shape index (κ1) is 18.2. The van der Waals surface area contributed by atoms with Gasteiger partial charge >= 0.3 is 0 Å². The molecule has 142 valence electrons. The van der Waals surface area contributed by atoms with Gasteiger partial charge in [-0.25, -0.2) is 13.4 Å². The first-order valence-corrected chi connectivity index (χ1v) is 11.0. The van der Waals surface area contributed by atoms with Gasteiger partial charge in [-0.2, -0.15) is 4.31 Å². The molecule has 1 aromatic heterocycles. The number of rotatable bonds is 5. The first-order chi connectivity index (χ1) is 13.1. The van der Waals surface area contributed by atoms with Crippen LogP contribution in [-0.4, -0.2) is 30.8 Å². The van der Waals surface area contributed by atoms with Crippen molar-refractivity contribution < 1.29 is 12.8 Å². The SMILES string of the molecule is CCCc1ccc(S(=O)(=O)N2CCCC(c3nc4ccccc4o3)C2)cc1. The molecule has 4 rings (SSSR count). The summed E-state index contributed by atoms with van der Waals surface area (Å²) in [5.41, 5.74) is 2.73. The van der Waals surface area contributed by atoms with Gasteiger partial charge in [0.1, 0.15) is 5.52 Å². The Morgan fingerprint density at radius 2 is 1.93 bits per heavy atom. The second-order valence-corrected chi connectivity index (χ2v) is 9.05. The van der Waals surface area contributed by atoms with Crippen molar-refractivity contribution in [1.82, 2.24) is 9.29 Å². The van der Waals surface area contributed by atoms with Crippen molar-refractivity contribution in [1.29, 1.82) is 0 Å². The molecule has 1 saturated heterocycles. The Hall–Kier alpha value is -2.18. The number of hydrogen-bond acceptors (Lipinski definition) is 4. The van der Waals surface area contributed by atoms with Crippen molar-refractivity contribution in [2.24, 2.45) is 0 Å². The molecule has 6 heteroatoms. The van der Waals surface area contributed by atoms with E-state index in [2.05, 4.69) is 11.9 Å². The summed E-state index contributed by atoms with van der Waals surface area (Å²) in [7, 11) is -3.50. The van der Waals surface area contributed by atoms with Crippen LogP contribution in [0.4, 0.5) is 0 Å². The number of aromatic nitrogens is 1. The van der Waals surface area contributed by atoms with E-state index in [1.54, 1.807) is 16.4 Å². The van der Waals surface area contributed by atoms with Crippen LogP contribution >= 0.6 is 0 Å². The van der Waals surface area contributed by atoms with E-state index in [-0.39, 0.29) is 5.92 Å². The molecule has 2 heterocycles. The number of nitrogens with zero attached hydrogens (tertiary/aromatic N) is 2. The standard InChI is InChI=1S/C21H24N2O3S/c1-2-6-16-10-12-18(13-11-16)27(24,25)23-14-5-7-17(15-23)21-22-19-8-3-4-9-20(19)26-21/h3-4,8-13,17H,2,5-7,14-15H2,1H3. The predicted octanol–water partition coefficient (Wildman–Crippen LogP) is 4.35. The third-order valence-electron chi connectivity index (χ3n) is 5.14. The largest absolute Gasteiger partial charge is 0.440 e. The van der Waals surface area contributed by atoms with E-state index in [0.29, 0.717) is 23.9 Å². The fourth-order valence-electron chi connectivity index (χ4n) is 3.69. The smallest absolute Gasteiger partial charge is 0.243 e. The van der Waals surface area contributed by atoms with Gasteiger partial charge < -0.3 is 4.42 Å². The number of benzene rings is 2. The molecule has 0 aliphatic carbocycles. The predicted molar refractivity (Wildman–Crippen MR) is 105 cm³/mol. The minimum atomic E-state index is -3.50. The lowest BCUT2D eigenvalue weighted by Crippen LogP contribution is -2.39. The molecule has 0 spiro atoms. The van der Waals surface area contributed by atoms with Gasteiger partial charge in [0.2, 0.25) is 10.0 Å². The molecule has 1 fully saturated rings. The number of hydrogen-bond donors (Lipinski definition) is 0. The van der Waals surface area contributed by atoms with Crippen molar-refractivity contribution in [3.05, 3.63) is 60.0 Å². The van der Waals surface area contributed by atoms with Gasteiger partial charge in [-0.15, -0.1) is 0 Å². The molecule has 2 aromatic carbocycles. The average Bonchev–Trinajstić information content (AvgIpc) is 3.13. The molecule has 3 aromatic rings. The van der Waals surface area contributed by atoms with E-state index in [1.807, 2.05) is 36.4 Å². The maximum Gasteiger partial charge on any atom is 0.243 e. The Bertz CT molecular complexity index is 992. The lowest BCUT2D eigenvalue weighted by molar-refractivity contribution is 0.288. The first-order valence-electron chi connectivity index (χ1n) is 9.52. The topological polar surface area (TPSA) is 63.4 Å².